The number of aromatic nitrogens is 12. The summed E-state index contributed by atoms with van der Waals surface area (Å²) in [7, 11) is 6.37. The summed E-state index contributed by atoms with van der Waals surface area (Å²) >= 11 is 18.7. The lowest BCUT2D eigenvalue weighted by Crippen LogP contribution is -2.45. The molecule has 0 spiro atoms. The molecule has 14 rings (SSSR count). The molecule has 550 valence electrons. The number of halogens is 3. The Balaban J connectivity index is 0.000000143. The number of hydrogen-bond donors (Lipinski definition) is 6. The fourth-order valence-corrected chi connectivity index (χ4v) is 12.7. The summed E-state index contributed by atoms with van der Waals surface area (Å²) in [6, 6.07) is 0. The van der Waals surface area contributed by atoms with Crippen LogP contribution in [-0.4, -0.2) is 396 Å². The van der Waals surface area contributed by atoms with Crippen LogP contribution in [0.5, 0.6) is 0 Å². The molecule has 6 aromatic heterocycles. The number of nitrogens with one attached hydrogen (secondary N) is 5. The van der Waals surface area contributed by atoms with E-state index in [1.165, 1.54) is 6.20 Å². The molecule has 0 amide bonds. The number of H-pyrrole nitrogens is 1. The molecule has 8 saturated heterocycles. The first kappa shape index (κ1) is 75.1. The van der Waals surface area contributed by atoms with Crippen LogP contribution in [0.2, 0.25) is 15.5 Å². The number of nitrogens with two attached hydrogens (primary N) is 1. The van der Waals surface area contributed by atoms with Gasteiger partial charge < -0.3 is 85.1 Å². The molecule has 6 aromatic rings. The highest BCUT2D eigenvalue weighted by Crippen LogP contribution is 2.29. The maximum Gasteiger partial charge on any atom is 0.267 e. The average Bonchev–Trinajstić information content (AvgIpc) is 0.802. The molecule has 0 radical (unpaired) electrons. The van der Waals surface area contributed by atoms with E-state index in [2.05, 4.69) is 131 Å². The van der Waals surface area contributed by atoms with Crippen molar-refractivity contribution >= 4 is 109 Å². The third-order valence-electron chi connectivity index (χ3n) is 18.5. The normalized spacial score (nSPS) is 20.1. The van der Waals surface area contributed by atoms with Crippen molar-refractivity contribution in [3.63, 3.8) is 0 Å². The lowest BCUT2D eigenvalue weighted by atomic mass is 10.3. The highest BCUT2D eigenvalue weighted by atomic mass is 35.5. The molecule has 34 nitrogen and oxygen atoms in total. The van der Waals surface area contributed by atoms with Crippen LogP contribution in [0.25, 0.3) is 33.5 Å². The third kappa shape index (κ3) is 22.5. The Morgan fingerprint density at radius 3 is 1.09 bits per heavy atom. The van der Waals surface area contributed by atoms with Crippen molar-refractivity contribution in [1.82, 2.24) is 99.0 Å². The molecule has 8 aliphatic rings. The number of likely N-dealkylation sites (N-methyl/N-ethyl adjacent to an activating group) is 3. The van der Waals surface area contributed by atoms with Crippen molar-refractivity contribution in [2.45, 2.75) is 0 Å². The highest BCUT2D eigenvalue weighted by Gasteiger charge is 2.26. The largest absolute Gasteiger partial charge is 0.379 e. The summed E-state index contributed by atoms with van der Waals surface area (Å²) in [5.41, 5.74) is 8.32. The average molecular weight is 1450 g/mol. The molecule has 7 N–H and O–H groups in total. The first-order chi connectivity index (χ1) is 48.9. The minimum Gasteiger partial charge on any atom is -0.379 e. The minimum atomic E-state index is -0.255. The van der Waals surface area contributed by atoms with Crippen molar-refractivity contribution in [3.05, 3.63) is 32.0 Å². The van der Waals surface area contributed by atoms with Gasteiger partial charge in [0.15, 0.2) is 66.7 Å². The van der Waals surface area contributed by atoms with Gasteiger partial charge in [0.25, 0.3) is 5.56 Å². The van der Waals surface area contributed by atoms with Crippen molar-refractivity contribution in [1.29, 1.82) is 0 Å². The van der Waals surface area contributed by atoms with E-state index in [-0.39, 0.29) is 15.9 Å². The summed E-state index contributed by atoms with van der Waals surface area (Å²) in [4.78, 5) is 90.4. The fraction of sp³-hybridized carbons (Fsp3) is 0.714. The maximum atomic E-state index is 11.7. The highest BCUT2D eigenvalue weighted by molar-refractivity contribution is 6.40. The van der Waals surface area contributed by atoms with Gasteiger partial charge in [-0.25, -0.2) is 24.9 Å². The Bertz CT molecular complexity index is 3530. The zero-order valence-corrected chi connectivity index (χ0v) is 60.5. The molecular formula is C63H101Cl3N28O6. The van der Waals surface area contributed by atoms with Gasteiger partial charge in [0.2, 0.25) is 17.8 Å². The Labute approximate surface area is 599 Å². The van der Waals surface area contributed by atoms with E-state index in [0.717, 1.165) is 276 Å². The Morgan fingerprint density at radius 1 is 0.380 bits per heavy atom. The molecule has 0 bridgehead atoms. The van der Waals surface area contributed by atoms with Gasteiger partial charge >= 0.3 is 0 Å². The quantitative estimate of drug-likeness (QED) is 0.0553. The standard InChI is InChI=1S/C23H37ClN10O2.C17H24Cl2N8O.C17H26N8O2.C6H14N2O/c1-31-6-8-34(9-7-31)23-29-20(25-2-4-32-10-14-35-15-11-32)18-21(30-23)28-22(19(24)27-18)26-3-5-33-12-16-36-17-13-33;1-25-4-6-27(7-5-25)17-23-15(20-2-3-26-8-10-28-11-9-26)12-16(24-17)22-14(19)13(18)21-12;1-23-4-6-25(7-5-23)17-21-15(14-16(22-17)19-12-13(26)20-14)18-2-3-24-8-10-27-11-9-24;7-1-2-8-3-5-9-6-4-8/h2-17H2,1H3,(H2,25,26,28,29,30);2-11H2,1H3,(H,20,22,23,24);12H,2-11H2,1H3,(H,20,26)(H,18,19,21,22);1-7H2. The first-order valence-corrected chi connectivity index (χ1v) is 36.4. The minimum absolute atomic E-state index is 0.150. The van der Waals surface area contributed by atoms with E-state index in [1.807, 2.05) is 0 Å². The second-order valence-corrected chi connectivity index (χ2v) is 26.8. The van der Waals surface area contributed by atoms with Gasteiger partial charge in [-0.05, 0) is 21.1 Å². The van der Waals surface area contributed by atoms with Crippen molar-refractivity contribution in [2.75, 3.05) is 333 Å². The molecule has 0 aromatic carbocycles. The smallest absolute Gasteiger partial charge is 0.267 e. The van der Waals surface area contributed by atoms with Crippen LogP contribution < -0.4 is 47.3 Å². The number of aromatic amines is 1. The van der Waals surface area contributed by atoms with E-state index in [9.17, 15) is 4.79 Å². The second-order valence-electron chi connectivity index (χ2n) is 25.7. The van der Waals surface area contributed by atoms with E-state index >= 15 is 0 Å². The summed E-state index contributed by atoms with van der Waals surface area (Å²) < 4.78 is 26.8. The number of rotatable bonds is 21. The van der Waals surface area contributed by atoms with E-state index in [0.29, 0.717) is 79.8 Å². The topological polar surface area (TPSA) is 331 Å². The predicted octanol–water partition coefficient (Wildman–Crippen LogP) is 0.0220. The zero-order valence-electron chi connectivity index (χ0n) is 58.3. The van der Waals surface area contributed by atoms with Gasteiger partial charge in [0.1, 0.15) is 5.52 Å². The van der Waals surface area contributed by atoms with Crippen LogP contribution in [0.3, 0.4) is 0 Å². The van der Waals surface area contributed by atoms with Crippen LogP contribution in [0, 0.1) is 0 Å². The second kappa shape index (κ2) is 39.0. The number of fused-ring (bicyclic) bond motifs is 3. The van der Waals surface area contributed by atoms with Gasteiger partial charge in [-0.15, -0.1) is 0 Å². The Morgan fingerprint density at radius 2 is 0.700 bits per heavy atom. The molecule has 8 aliphatic heterocycles. The van der Waals surface area contributed by atoms with E-state index < -0.39 is 0 Å². The molecule has 37 heteroatoms. The number of piperazine rings is 3. The molecule has 14 heterocycles. The van der Waals surface area contributed by atoms with E-state index in [4.69, 9.17) is 89.1 Å². The predicted molar refractivity (Wildman–Crippen MR) is 392 cm³/mol. The molecule has 0 aliphatic carbocycles. The molecule has 0 saturated carbocycles. The maximum absolute atomic E-state index is 11.7. The molecular weight excluding hydrogens is 1350 g/mol. The Hall–Kier alpha value is -6.03. The van der Waals surface area contributed by atoms with E-state index in [1.54, 1.807) is 0 Å². The Kier molecular flexibility index (Phi) is 29.3. The molecule has 100 heavy (non-hydrogen) atoms. The van der Waals surface area contributed by atoms with Crippen LogP contribution in [0.15, 0.2) is 11.0 Å². The monoisotopic (exact) mass is 1450 g/mol. The van der Waals surface area contributed by atoms with Gasteiger partial charge in [0, 0.05) is 209 Å². The van der Waals surface area contributed by atoms with Gasteiger partial charge in [-0.1, -0.05) is 34.8 Å². The first-order valence-electron chi connectivity index (χ1n) is 35.3. The summed E-state index contributed by atoms with van der Waals surface area (Å²) in [6.45, 7) is 37.0. The lowest BCUT2D eigenvalue weighted by molar-refractivity contribution is 0.0394. The molecule has 0 atom stereocenters. The zero-order chi connectivity index (χ0) is 69.4. The summed E-state index contributed by atoms with van der Waals surface area (Å²) in [5, 5.41) is 14.2. The number of nitrogens with zero attached hydrogens (tertiary/aromatic N) is 22. The van der Waals surface area contributed by atoms with Crippen LogP contribution >= 0.6 is 34.8 Å². The van der Waals surface area contributed by atoms with Crippen LogP contribution in [0.4, 0.5) is 41.1 Å². The van der Waals surface area contributed by atoms with Gasteiger partial charge in [0.05, 0.1) is 72.3 Å². The number of morpholine rings is 5. The lowest BCUT2D eigenvalue weighted by Gasteiger charge is -2.32. The summed E-state index contributed by atoms with van der Waals surface area (Å²) in [6.07, 6.45) is 1.26. The molecule has 8 fully saturated rings. The number of anilines is 7. The van der Waals surface area contributed by atoms with Crippen LogP contribution in [-0.2, 0) is 23.7 Å². The van der Waals surface area contributed by atoms with Crippen molar-refractivity contribution < 1.29 is 23.7 Å². The van der Waals surface area contributed by atoms with Crippen molar-refractivity contribution in [2.24, 2.45) is 5.73 Å². The number of ether oxygens (including phenoxy) is 5. The number of hydrogen-bond acceptors (Lipinski definition) is 33. The third-order valence-corrected chi connectivity index (χ3v) is 19.4. The van der Waals surface area contributed by atoms with Gasteiger partial charge in [-0.3, -0.25) is 29.3 Å². The van der Waals surface area contributed by atoms with Crippen molar-refractivity contribution in [3.8, 4) is 0 Å². The van der Waals surface area contributed by atoms with Crippen LogP contribution in [0.1, 0.15) is 0 Å². The fourth-order valence-electron chi connectivity index (χ4n) is 12.3. The molecule has 0 unspecified atom stereocenters. The SMILES string of the molecule is CN1CCN(c2nc(NCCN3CCOCC3)c3[nH]c(=O)cnc3n2)CC1.CN1CCN(c2nc(NCCN3CCOCC3)c3nc(Cl)c(Cl)nc3n2)CC1.CN1CCN(c2nc(NCCN3CCOCC3)c3nc(Cl)c(NCCN4CCOCC4)nc3n2)CC1.NCCN1CCOCC1. The summed E-state index contributed by atoms with van der Waals surface area (Å²) in [5.74, 6) is 4.48. The van der Waals surface area contributed by atoms with Gasteiger partial charge in [-0.2, -0.15) is 29.9 Å².